The monoisotopic (exact) mass is 398 g/mol. The predicted molar refractivity (Wildman–Crippen MR) is 90.1 cm³/mol. The number of benzene rings is 2. The Morgan fingerprint density at radius 3 is 2.30 bits per heavy atom. The lowest BCUT2D eigenvalue weighted by Gasteiger charge is -2.15. The number of hydrogen-bond acceptors (Lipinski definition) is 0. The van der Waals surface area contributed by atoms with Gasteiger partial charge in [-0.1, -0.05) is 70.0 Å². The maximum Gasteiger partial charge on any atom is 0.129 e. The van der Waals surface area contributed by atoms with E-state index in [0.29, 0.717) is 5.56 Å². The Balaban J connectivity index is 2.40. The summed E-state index contributed by atoms with van der Waals surface area (Å²) in [6, 6.07) is 11.6. The van der Waals surface area contributed by atoms with Gasteiger partial charge in [0.2, 0.25) is 0 Å². The summed E-state index contributed by atoms with van der Waals surface area (Å²) in [6.07, 6.45) is 2.03. The maximum atomic E-state index is 14.1. The van der Waals surface area contributed by atoms with Gasteiger partial charge < -0.3 is 0 Å². The minimum absolute atomic E-state index is 0.119. The molecule has 0 aliphatic rings. The number of hydrogen-bond donors (Lipinski definition) is 0. The van der Waals surface area contributed by atoms with Gasteiger partial charge in [-0.05, 0) is 41.7 Å². The summed E-state index contributed by atoms with van der Waals surface area (Å²) >= 11 is 6.91. The Morgan fingerprint density at radius 2 is 1.70 bits per heavy atom. The van der Waals surface area contributed by atoms with E-state index in [1.807, 2.05) is 12.1 Å². The zero-order valence-corrected chi connectivity index (χ0v) is 14.8. The number of aryl methyl sites for hydroxylation is 2. The first-order valence-corrected chi connectivity index (χ1v) is 8.48. The summed E-state index contributed by atoms with van der Waals surface area (Å²) in [4.78, 5) is -0.119. The van der Waals surface area contributed by atoms with E-state index in [1.165, 1.54) is 17.2 Å². The van der Waals surface area contributed by atoms with E-state index in [2.05, 4.69) is 63.9 Å². The molecule has 0 saturated heterocycles. The molecule has 3 heteroatoms. The fourth-order valence-electron chi connectivity index (χ4n) is 2.36. The van der Waals surface area contributed by atoms with Crippen LogP contribution in [0, 0.1) is 5.82 Å². The Morgan fingerprint density at radius 1 is 1.00 bits per heavy atom. The van der Waals surface area contributed by atoms with Crippen LogP contribution in [0.3, 0.4) is 0 Å². The third-order valence-corrected chi connectivity index (χ3v) is 5.04. The molecule has 0 aliphatic heterocycles. The molecule has 0 aromatic heterocycles. The van der Waals surface area contributed by atoms with Gasteiger partial charge in [0, 0.05) is 10.0 Å². The Hall–Kier alpha value is -0.670. The molecule has 0 N–H and O–H groups in total. The van der Waals surface area contributed by atoms with Crippen molar-refractivity contribution in [1.82, 2.24) is 0 Å². The second-order valence-corrected chi connectivity index (χ2v) is 6.59. The van der Waals surface area contributed by atoms with Crippen LogP contribution in [0.2, 0.25) is 0 Å². The van der Waals surface area contributed by atoms with Gasteiger partial charge in [0.25, 0.3) is 0 Å². The van der Waals surface area contributed by atoms with Crippen molar-refractivity contribution < 1.29 is 4.39 Å². The van der Waals surface area contributed by atoms with Gasteiger partial charge in [-0.3, -0.25) is 0 Å². The lowest BCUT2D eigenvalue weighted by Crippen LogP contribution is -1.99. The van der Waals surface area contributed by atoms with E-state index in [4.69, 9.17) is 0 Å². The highest BCUT2D eigenvalue weighted by Gasteiger charge is 2.16. The van der Waals surface area contributed by atoms with E-state index in [9.17, 15) is 4.39 Å². The van der Waals surface area contributed by atoms with E-state index < -0.39 is 0 Å². The van der Waals surface area contributed by atoms with Crippen LogP contribution in [0.25, 0.3) is 0 Å². The average Bonchev–Trinajstić information content (AvgIpc) is 2.45. The van der Waals surface area contributed by atoms with Crippen LogP contribution in [0.5, 0.6) is 0 Å². The highest BCUT2D eigenvalue weighted by atomic mass is 79.9. The lowest BCUT2D eigenvalue weighted by atomic mass is 9.96. The third-order valence-electron chi connectivity index (χ3n) is 3.52. The first-order valence-electron chi connectivity index (χ1n) is 6.77. The number of rotatable bonds is 4. The summed E-state index contributed by atoms with van der Waals surface area (Å²) < 4.78 is 14.8. The molecule has 2 rings (SSSR count). The minimum Gasteiger partial charge on any atom is -0.207 e. The topological polar surface area (TPSA) is 0 Å². The molecule has 106 valence electrons. The van der Waals surface area contributed by atoms with Crippen molar-refractivity contribution in [3.63, 3.8) is 0 Å². The average molecular weight is 400 g/mol. The Labute approximate surface area is 136 Å². The van der Waals surface area contributed by atoms with Gasteiger partial charge in [-0.15, -0.1) is 0 Å². The third kappa shape index (κ3) is 3.32. The second-order valence-electron chi connectivity index (χ2n) is 4.76. The molecule has 0 heterocycles. The molecular formula is C17H17Br2F. The van der Waals surface area contributed by atoms with Crippen LogP contribution in [-0.2, 0) is 12.8 Å². The van der Waals surface area contributed by atoms with Crippen molar-refractivity contribution in [2.45, 2.75) is 31.5 Å². The van der Waals surface area contributed by atoms with Crippen molar-refractivity contribution in [3.05, 3.63) is 68.9 Å². The molecule has 20 heavy (non-hydrogen) atoms. The van der Waals surface area contributed by atoms with Crippen LogP contribution in [0.4, 0.5) is 4.39 Å². The quantitative estimate of drug-likeness (QED) is 0.537. The maximum absolute atomic E-state index is 14.1. The van der Waals surface area contributed by atoms with Crippen molar-refractivity contribution in [3.8, 4) is 0 Å². The van der Waals surface area contributed by atoms with Crippen molar-refractivity contribution in [1.29, 1.82) is 0 Å². The fraction of sp³-hybridized carbons (Fsp3) is 0.294. The highest BCUT2D eigenvalue weighted by molar-refractivity contribution is 9.10. The molecular weight excluding hydrogens is 383 g/mol. The molecule has 0 radical (unpaired) electrons. The first kappa shape index (κ1) is 15.7. The fourth-order valence-corrected chi connectivity index (χ4v) is 3.35. The SMILES string of the molecule is CCc1ccc(C(Br)c2ccc(Br)cc2F)cc1CC. The molecule has 0 spiro atoms. The smallest absolute Gasteiger partial charge is 0.129 e. The van der Waals surface area contributed by atoms with Crippen LogP contribution in [0.15, 0.2) is 40.9 Å². The van der Waals surface area contributed by atoms with E-state index in [-0.39, 0.29) is 10.6 Å². The van der Waals surface area contributed by atoms with Gasteiger partial charge in [0.15, 0.2) is 0 Å². The molecule has 1 unspecified atom stereocenters. The van der Waals surface area contributed by atoms with Gasteiger partial charge in [-0.25, -0.2) is 4.39 Å². The summed E-state index contributed by atoms with van der Waals surface area (Å²) in [7, 11) is 0. The van der Waals surface area contributed by atoms with Gasteiger partial charge in [0.05, 0.1) is 4.83 Å². The second kappa shape index (κ2) is 6.86. The number of alkyl halides is 1. The Kier molecular flexibility index (Phi) is 5.39. The van der Waals surface area contributed by atoms with Gasteiger partial charge >= 0.3 is 0 Å². The van der Waals surface area contributed by atoms with E-state index in [0.717, 1.165) is 22.9 Å². The lowest BCUT2D eigenvalue weighted by molar-refractivity contribution is 0.612. The molecule has 2 aromatic carbocycles. The van der Waals surface area contributed by atoms with E-state index >= 15 is 0 Å². The van der Waals surface area contributed by atoms with Gasteiger partial charge in [0.1, 0.15) is 5.82 Å². The van der Waals surface area contributed by atoms with E-state index in [1.54, 1.807) is 0 Å². The molecule has 2 aromatic rings. The molecule has 0 bridgehead atoms. The normalized spacial score (nSPS) is 12.4. The van der Waals surface area contributed by atoms with Crippen molar-refractivity contribution in [2.24, 2.45) is 0 Å². The highest BCUT2D eigenvalue weighted by Crippen LogP contribution is 2.34. The van der Waals surface area contributed by atoms with Crippen molar-refractivity contribution in [2.75, 3.05) is 0 Å². The summed E-state index contributed by atoms with van der Waals surface area (Å²) in [6.45, 7) is 4.32. The molecule has 0 fully saturated rings. The first-order chi connectivity index (χ1) is 9.56. The molecule has 0 amide bonds. The summed E-state index contributed by atoms with van der Waals surface area (Å²) in [5.74, 6) is -0.195. The molecule has 0 aliphatic carbocycles. The molecule has 0 saturated carbocycles. The zero-order chi connectivity index (χ0) is 14.7. The van der Waals surface area contributed by atoms with Crippen LogP contribution in [0.1, 0.15) is 40.9 Å². The predicted octanol–water partition coefficient (Wildman–Crippen LogP) is 6.20. The van der Waals surface area contributed by atoms with Crippen molar-refractivity contribution >= 4 is 31.9 Å². The molecule has 0 nitrogen and oxygen atoms in total. The van der Waals surface area contributed by atoms with Crippen LogP contribution >= 0.6 is 31.9 Å². The summed E-state index contributed by atoms with van der Waals surface area (Å²) in [5.41, 5.74) is 4.47. The zero-order valence-electron chi connectivity index (χ0n) is 11.6. The Bertz CT molecular complexity index is 608. The summed E-state index contributed by atoms with van der Waals surface area (Å²) in [5, 5.41) is 0. The largest absolute Gasteiger partial charge is 0.207 e. The van der Waals surface area contributed by atoms with Crippen LogP contribution < -0.4 is 0 Å². The van der Waals surface area contributed by atoms with Crippen LogP contribution in [-0.4, -0.2) is 0 Å². The number of halogens is 3. The standard InChI is InChI=1S/C17H17Br2F/c1-3-11-5-6-13(9-12(11)4-2)17(19)15-8-7-14(18)10-16(15)20/h5-10,17H,3-4H2,1-2H3. The minimum atomic E-state index is -0.195. The molecule has 1 atom stereocenters. The van der Waals surface area contributed by atoms with Gasteiger partial charge in [-0.2, -0.15) is 0 Å².